The molecule has 1 unspecified atom stereocenters. The maximum atomic E-state index is 13.0. The molecule has 0 aliphatic carbocycles. The summed E-state index contributed by atoms with van der Waals surface area (Å²) < 4.78 is 15.0. The Bertz CT molecular complexity index is 551. The minimum atomic E-state index is -0.309. The Labute approximate surface area is 118 Å². The topological polar surface area (TPSA) is 30.9 Å². The molecule has 1 aromatic heterocycles. The molecule has 0 aliphatic heterocycles. The van der Waals surface area contributed by atoms with Gasteiger partial charge in [0.05, 0.1) is 0 Å². The van der Waals surface area contributed by atoms with Gasteiger partial charge in [0.1, 0.15) is 5.82 Å². The lowest BCUT2D eigenvalue weighted by Gasteiger charge is -2.07. The van der Waals surface area contributed by atoms with Gasteiger partial charge in [0, 0.05) is 30.0 Å². The van der Waals surface area contributed by atoms with E-state index in [2.05, 4.69) is 19.2 Å². The van der Waals surface area contributed by atoms with Crippen molar-refractivity contribution in [3.8, 4) is 0 Å². The van der Waals surface area contributed by atoms with Crippen molar-refractivity contribution in [2.75, 3.05) is 0 Å². The number of benzene rings is 1. The first-order valence-corrected chi connectivity index (χ1v) is 6.80. The van der Waals surface area contributed by atoms with Gasteiger partial charge in [-0.15, -0.1) is 0 Å². The molecule has 102 valence electrons. The Morgan fingerprint density at radius 2 is 2.16 bits per heavy atom. The molecule has 0 aliphatic rings. The predicted octanol–water partition coefficient (Wildman–Crippen LogP) is 3.61. The molecule has 19 heavy (non-hydrogen) atoms. The van der Waals surface area contributed by atoms with Crippen LogP contribution in [0.2, 0.25) is 5.02 Å². The van der Waals surface area contributed by atoms with Crippen molar-refractivity contribution in [3.63, 3.8) is 0 Å². The molecule has 2 nitrogen and oxygen atoms in total. The van der Waals surface area contributed by atoms with Crippen LogP contribution in [0.25, 0.3) is 0 Å². The van der Waals surface area contributed by atoms with Gasteiger partial charge in [0.15, 0.2) is 0 Å². The fraction of sp³-hybridized carbons (Fsp3) is 0.333. The van der Waals surface area contributed by atoms with Crippen molar-refractivity contribution in [1.82, 2.24) is 4.57 Å². The molecule has 0 saturated carbocycles. The fourth-order valence-corrected chi connectivity index (χ4v) is 2.23. The summed E-state index contributed by atoms with van der Waals surface area (Å²) >= 11 is 6.02. The SMILES string of the molecule is CCC(N)Cc1ccn(Cc2ccc(F)cc2Cl)c1. The van der Waals surface area contributed by atoms with Crippen molar-refractivity contribution in [3.05, 3.63) is 58.6 Å². The molecular weight excluding hydrogens is 263 g/mol. The second kappa shape index (κ2) is 6.22. The molecule has 0 radical (unpaired) electrons. The van der Waals surface area contributed by atoms with Gasteiger partial charge in [-0.25, -0.2) is 4.39 Å². The third-order valence-electron chi connectivity index (χ3n) is 3.20. The number of halogens is 2. The second-order valence-electron chi connectivity index (χ2n) is 4.80. The average molecular weight is 281 g/mol. The van der Waals surface area contributed by atoms with Gasteiger partial charge in [-0.2, -0.15) is 0 Å². The third-order valence-corrected chi connectivity index (χ3v) is 3.55. The van der Waals surface area contributed by atoms with Crippen molar-refractivity contribution in [1.29, 1.82) is 0 Å². The Morgan fingerprint density at radius 1 is 1.37 bits per heavy atom. The number of nitrogens with two attached hydrogens (primary N) is 1. The first kappa shape index (κ1) is 14.1. The lowest BCUT2D eigenvalue weighted by molar-refractivity contribution is 0.626. The van der Waals surface area contributed by atoms with Crippen LogP contribution in [0.15, 0.2) is 36.7 Å². The largest absolute Gasteiger partial charge is 0.350 e. The van der Waals surface area contributed by atoms with Crippen molar-refractivity contribution < 1.29 is 4.39 Å². The molecule has 1 aromatic carbocycles. The van der Waals surface area contributed by atoms with Gasteiger partial charge in [-0.3, -0.25) is 0 Å². The van der Waals surface area contributed by atoms with Gasteiger partial charge < -0.3 is 10.3 Å². The molecule has 0 bridgehead atoms. The van der Waals surface area contributed by atoms with E-state index >= 15 is 0 Å². The Balaban J connectivity index is 2.07. The minimum absolute atomic E-state index is 0.199. The summed E-state index contributed by atoms with van der Waals surface area (Å²) in [6, 6.07) is 6.75. The van der Waals surface area contributed by atoms with Crippen LogP contribution in [-0.2, 0) is 13.0 Å². The zero-order valence-corrected chi connectivity index (χ0v) is 11.7. The maximum absolute atomic E-state index is 13.0. The highest BCUT2D eigenvalue weighted by Gasteiger charge is 2.06. The summed E-state index contributed by atoms with van der Waals surface area (Å²) in [5.74, 6) is -0.309. The monoisotopic (exact) mass is 280 g/mol. The van der Waals surface area contributed by atoms with Crippen molar-refractivity contribution >= 4 is 11.6 Å². The van der Waals surface area contributed by atoms with E-state index in [1.54, 1.807) is 6.07 Å². The van der Waals surface area contributed by atoms with E-state index in [1.807, 2.05) is 10.8 Å². The molecule has 2 aromatic rings. The summed E-state index contributed by atoms with van der Waals surface area (Å²) in [7, 11) is 0. The standard InChI is InChI=1S/C15H18ClFN2/c1-2-14(18)7-11-5-6-19(9-11)10-12-3-4-13(17)8-15(12)16/h3-6,8-9,14H,2,7,10,18H2,1H3. The minimum Gasteiger partial charge on any atom is -0.350 e. The lowest BCUT2D eigenvalue weighted by atomic mass is 10.1. The van der Waals surface area contributed by atoms with Crippen molar-refractivity contribution in [2.45, 2.75) is 32.4 Å². The van der Waals surface area contributed by atoms with E-state index in [1.165, 1.54) is 17.7 Å². The van der Waals surface area contributed by atoms with Crippen LogP contribution < -0.4 is 5.73 Å². The molecule has 2 N–H and O–H groups in total. The highest BCUT2D eigenvalue weighted by molar-refractivity contribution is 6.31. The molecule has 1 atom stereocenters. The van der Waals surface area contributed by atoms with E-state index in [-0.39, 0.29) is 11.9 Å². The molecule has 2 rings (SSSR count). The zero-order chi connectivity index (χ0) is 13.8. The number of hydrogen-bond acceptors (Lipinski definition) is 1. The van der Waals surface area contributed by atoms with Gasteiger partial charge in [0.25, 0.3) is 0 Å². The second-order valence-corrected chi connectivity index (χ2v) is 5.21. The number of nitrogens with zero attached hydrogens (tertiary/aromatic N) is 1. The van der Waals surface area contributed by atoms with E-state index in [4.69, 9.17) is 17.3 Å². The number of hydrogen-bond donors (Lipinski definition) is 1. The number of rotatable bonds is 5. The molecule has 0 spiro atoms. The van der Waals surface area contributed by atoms with Crippen LogP contribution in [0.1, 0.15) is 24.5 Å². The van der Waals surface area contributed by atoms with Crippen LogP contribution >= 0.6 is 11.6 Å². The van der Waals surface area contributed by atoms with Crippen molar-refractivity contribution in [2.24, 2.45) is 5.73 Å². The van der Waals surface area contributed by atoms with E-state index in [9.17, 15) is 4.39 Å². The molecule has 1 heterocycles. The van der Waals surface area contributed by atoms with Crippen LogP contribution in [0, 0.1) is 5.82 Å². The van der Waals surface area contributed by atoms with Gasteiger partial charge >= 0.3 is 0 Å². The fourth-order valence-electron chi connectivity index (χ4n) is 2.00. The van der Waals surface area contributed by atoms with Crippen LogP contribution in [-0.4, -0.2) is 10.6 Å². The highest BCUT2D eigenvalue weighted by Crippen LogP contribution is 2.19. The van der Waals surface area contributed by atoms with Crippen LogP contribution in [0.3, 0.4) is 0 Å². The predicted molar refractivity (Wildman–Crippen MR) is 76.9 cm³/mol. The van der Waals surface area contributed by atoms with Gasteiger partial charge in [-0.1, -0.05) is 24.6 Å². The lowest BCUT2D eigenvalue weighted by Crippen LogP contribution is -2.21. The quantitative estimate of drug-likeness (QED) is 0.891. The summed E-state index contributed by atoms with van der Waals surface area (Å²) in [5, 5.41) is 0.459. The zero-order valence-electron chi connectivity index (χ0n) is 10.9. The Morgan fingerprint density at radius 3 is 2.84 bits per heavy atom. The summed E-state index contributed by atoms with van der Waals surface area (Å²) in [6.07, 6.45) is 5.90. The number of aromatic nitrogens is 1. The molecule has 0 amide bonds. The van der Waals surface area contributed by atoms with Crippen LogP contribution in [0.4, 0.5) is 4.39 Å². The normalized spacial score (nSPS) is 12.6. The van der Waals surface area contributed by atoms with E-state index in [0.29, 0.717) is 11.6 Å². The van der Waals surface area contributed by atoms with Gasteiger partial charge in [-0.05, 0) is 42.2 Å². The average Bonchev–Trinajstić information content (AvgIpc) is 2.80. The summed E-state index contributed by atoms with van der Waals surface area (Å²) in [5.41, 5.74) is 8.06. The third kappa shape index (κ3) is 3.82. The first-order chi connectivity index (χ1) is 9.08. The maximum Gasteiger partial charge on any atom is 0.124 e. The van der Waals surface area contributed by atoms with Gasteiger partial charge in [0.2, 0.25) is 0 Å². The highest BCUT2D eigenvalue weighted by atomic mass is 35.5. The summed E-state index contributed by atoms with van der Waals surface area (Å²) in [6.45, 7) is 2.72. The van der Waals surface area contributed by atoms with E-state index in [0.717, 1.165) is 18.4 Å². The Kier molecular flexibility index (Phi) is 4.61. The smallest absolute Gasteiger partial charge is 0.124 e. The molecule has 0 fully saturated rings. The van der Waals surface area contributed by atoms with E-state index < -0.39 is 0 Å². The molecule has 4 heteroatoms. The van der Waals surface area contributed by atoms with Crippen LogP contribution in [0.5, 0.6) is 0 Å². The molecular formula is C15H18ClFN2. The Hall–Kier alpha value is -1.32. The summed E-state index contributed by atoms with van der Waals surface area (Å²) in [4.78, 5) is 0. The molecule has 0 saturated heterocycles. The first-order valence-electron chi connectivity index (χ1n) is 6.42.